The summed E-state index contributed by atoms with van der Waals surface area (Å²) < 4.78 is 2.03. The maximum Gasteiger partial charge on any atom is 0.166 e. The van der Waals surface area contributed by atoms with E-state index in [9.17, 15) is 0 Å². The molecule has 0 fully saturated rings. The molecule has 0 spiro atoms. The van der Waals surface area contributed by atoms with Gasteiger partial charge in [0.1, 0.15) is 6.33 Å². The summed E-state index contributed by atoms with van der Waals surface area (Å²) >= 11 is 0. The van der Waals surface area contributed by atoms with Gasteiger partial charge in [-0.05, 0) is 32.4 Å². The fourth-order valence-electron chi connectivity index (χ4n) is 1.80. The van der Waals surface area contributed by atoms with Gasteiger partial charge in [0.15, 0.2) is 5.82 Å². The van der Waals surface area contributed by atoms with Gasteiger partial charge in [-0.3, -0.25) is 0 Å². The van der Waals surface area contributed by atoms with Crippen LogP contribution >= 0.6 is 0 Å². The fourth-order valence-corrected chi connectivity index (χ4v) is 1.80. The van der Waals surface area contributed by atoms with E-state index in [2.05, 4.69) is 24.0 Å². The smallest absolute Gasteiger partial charge is 0.166 e. The second-order valence-corrected chi connectivity index (χ2v) is 4.19. The Morgan fingerprint density at radius 2 is 2.06 bits per heavy atom. The van der Waals surface area contributed by atoms with Crippen LogP contribution < -0.4 is 5.73 Å². The van der Waals surface area contributed by atoms with Crippen LogP contribution in [0.4, 0.5) is 5.69 Å². The Balaban J connectivity index is 2.63. The van der Waals surface area contributed by atoms with Gasteiger partial charge in [-0.2, -0.15) is 0 Å². The number of aromatic nitrogens is 3. The van der Waals surface area contributed by atoms with Gasteiger partial charge in [-0.15, -0.1) is 10.2 Å². The van der Waals surface area contributed by atoms with Crippen molar-refractivity contribution < 1.29 is 0 Å². The Labute approximate surface area is 95.1 Å². The lowest BCUT2D eigenvalue weighted by Crippen LogP contribution is -2.04. The van der Waals surface area contributed by atoms with Crippen LogP contribution in [-0.2, 0) is 0 Å². The predicted octanol–water partition coefficient (Wildman–Crippen LogP) is 2.42. The van der Waals surface area contributed by atoms with Crippen LogP contribution in [0, 0.1) is 6.92 Å². The monoisotopic (exact) mass is 216 g/mol. The Kier molecular flexibility index (Phi) is 2.64. The zero-order valence-corrected chi connectivity index (χ0v) is 9.81. The van der Waals surface area contributed by atoms with Gasteiger partial charge in [0.2, 0.25) is 0 Å². The molecule has 4 heteroatoms. The lowest BCUT2D eigenvalue weighted by atomic mass is 10.1. The van der Waals surface area contributed by atoms with E-state index in [0.29, 0.717) is 6.04 Å². The number of benzene rings is 1. The second kappa shape index (κ2) is 3.96. The average molecular weight is 216 g/mol. The molecule has 0 bridgehead atoms. The Morgan fingerprint density at radius 3 is 2.69 bits per heavy atom. The van der Waals surface area contributed by atoms with Crippen molar-refractivity contribution >= 4 is 5.69 Å². The molecule has 2 rings (SSSR count). The molecule has 1 aromatic heterocycles. The normalized spacial score (nSPS) is 11.0. The van der Waals surface area contributed by atoms with E-state index in [1.807, 2.05) is 29.7 Å². The van der Waals surface area contributed by atoms with Crippen molar-refractivity contribution in [2.24, 2.45) is 0 Å². The zero-order chi connectivity index (χ0) is 11.7. The summed E-state index contributed by atoms with van der Waals surface area (Å²) in [6, 6.07) is 6.20. The third-order valence-corrected chi connectivity index (χ3v) is 2.66. The molecule has 0 saturated carbocycles. The van der Waals surface area contributed by atoms with E-state index < -0.39 is 0 Å². The van der Waals surface area contributed by atoms with Gasteiger partial charge in [0, 0.05) is 17.3 Å². The first-order valence-corrected chi connectivity index (χ1v) is 5.36. The molecule has 0 amide bonds. The summed E-state index contributed by atoms with van der Waals surface area (Å²) in [5.41, 5.74) is 8.85. The molecule has 0 aliphatic heterocycles. The topological polar surface area (TPSA) is 56.7 Å². The first-order chi connectivity index (χ1) is 7.61. The van der Waals surface area contributed by atoms with E-state index in [1.54, 1.807) is 6.33 Å². The summed E-state index contributed by atoms with van der Waals surface area (Å²) in [5.74, 6) is 0.839. The Bertz CT molecular complexity index is 479. The highest BCUT2D eigenvalue weighted by molar-refractivity contribution is 5.74. The molecule has 0 atom stereocenters. The largest absolute Gasteiger partial charge is 0.398 e. The summed E-state index contributed by atoms with van der Waals surface area (Å²) in [7, 11) is 0. The molecular formula is C12H16N4. The Hall–Kier alpha value is -1.84. The number of nitrogen functional groups attached to an aromatic ring is 1. The van der Waals surface area contributed by atoms with Crippen molar-refractivity contribution in [3.05, 3.63) is 30.1 Å². The number of hydrogen-bond donors (Lipinski definition) is 1. The Morgan fingerprint density at radius 1 is 1.31 bits per heavy atom. The molecule has 16 heavy (non-hydrogen) atoms. The number of nitrogens with zero attached hydrogens (tertiary/aromatic N) is 3. The molecule has 0 aliphatic carbocycles. The van der Waals surface area contributed by atoms with Gasteiger partial charge in [0.05, 0.1) is 0 Å². The molecule has 1 heterocycles. The molecule has 2 N–H and O–H groups in total. The van der Waals surface area contributed by atoms with Crippen LogP contribution in [0.25, 0.3) is 11.4 Å². The van der Waals surface area contributed by atoms with Crippen LogP contribution in [0.1, 0.15) is 25.5 Å². The predicted molar refractivity (Wildman–Crippen MR) is 65.0 cm³/mol. The number of aryl methyl sites for hydroxylation is 1. The lowest BCUT2D eigenvalue weighted by molar-refractivity contribution is 0.604. The minimum atomic E-state index is 0.323. The molecule has 1 aromatic carbocycles. The standard InChI is InChI=1S/C12H16N4/c1-8(2)16-7-14-15-12(16)11-9(3)5-4-6-10(11)13/h4-8H,13H2,1-3H3. The molecule has 0 radical (unpaired) electrons. The van der Waals surface area contributed by atoms with E-state index in [4.69, 9.17) is 5.73 Å². The van der Waals surface area contributed by atoms with Gasteiger partial charge in [0.25, 0.3) is 0 Å². The first-order valence-electron chi connectivity index (χ1n) is 5.36. The molecule has 0 saturated heterocycles. The molecular weight excluding hydrogens is 200 g/mol. The highest BCUT2D eigenvalue weighted by Crippen LogP contribution is 2.28. The highest BCUT2D eigenvalue weighted by Gasteiger charge is 2.14. The summed E-state index contributed by atoms with van der Waals surface area (Å²) in [6.07, 6.45) is 1.74. The quantitative estimate of drug-likeness (QED) is 0.784. The van der Waals surface area contributed by atoms with Crippen molar-refractivity contribution in [3.8, 4) is 11.4 Å². The summed E-state index contributed by atoms with van der Waals surface area (Å²) in [6.45, 7) is 6.23. The number of anilines is 1. The highest BCUT2D eigenvalue weighted by atomic mass is 15.3. The van der Waals surface area contributed by atoms with Crippen molar-refractivity contribution in [1.29, 1.82) is 0 Å². The summed E-state index contributed by atoms with van der Waals surface area (Å²) in [5, 5.41) is 8.12. The minimum absolute atomic E-state index is 0.323. The molecule has 84 valence electrons. The maximum atomic E-state index is 6.00. The van der Waals surface area contributed by atoms with Crippen LogP contribution in [0.15, 0.2) is 24.5 Å². The number of nitrogens with two attached hydrogens (primary N) is 1. The third-order valence-electron chi connectivity index (χ3n) is 2.66. The molecule has 0 aliphatic rings. The molecule has 2 aromatic rings. The molecule has 0 unspecified atom stereocenters. The van der Waals surface area contributed by atoms with E-state index in [-0.39, 0.29) is 0 Å². The maximum absolute atomic E-state index is 6.00. The van der Waals surface area contributed by atoms with Crippen LogP contribution in [0.2, 0.25) is 0 Å². The van der Waals surface area contributed by atoms with Crippen LogP contribution in [0.5, 0.6) is 0 Å². The third kappa shape index (κ3) is 1.66. The minimum Gasteiger partial charge on any atom is -0.398 e. The van der Waals surface area contributed by atoms with Crippen LogP contribution in [-0.4, -0.2) is 14.8 Å². The average Bonchev–Trinajstić information content (AvgIpc) is 2.66. The van der Waals surface area contributed by atoms with Gasteiger partial charge < -0.3 is 10.3 Å². The zero-order valence-electron chi connectivity index (χ0n) is 9.81. The van der Waals surface area contributed by atoms with E-state index in [0.717, 1.165) is 22.6 Å². The van der Waals surface area contributed by atoms with E-state index >= 15 is 0 Å². The van der Waals surface area contributed by atoms with Gasteiger partial charge in [-0.25, -0.2) is 0 Å². The van der Waals surface area contributed by atoms with Gasteiger partial charge in [-0.1, -0.05) is 12.1 Å². The van der Waals surface area contributed by atoms with Crippen molar-refractivity contribution in [2.45, 2.75) is 26.8 Å². The van der Waals surface area contributed by atoms with Crippen LogP contribution in [0.3, 0.4) is 0 Å². The van der Waals surface area contributed by atoms with Crippen molar-refractivity contribution in [1.82, 2.24) is 14.8 Å². The van der Waals surface area contributed by atoms with Gasteiger partial charge >= 0.3 is 0 Å². The fraction of sp³-hybridized carbons (Fsp3) is 0.333. The van der Waals surface area contributed by atoms with Crippen molar-refractivity contribution in [3.63, 3.8) is 0 Å². The lowest BCUT2D eigenvalue weighted by Gasteiger charge is -2.13. The first kappa shape index (κ1) is 10.7. The SMILES string of the molecule is Cc1cccc(N)c1-c1nncn1C(C)C. The molecule has 4 nitrogen and oxygen atoms in total. The second-order valence-electron chi connectivity index (χ2n) is 4.19. The van der Waals surface area contributed by atoms with E-state index in [1.165, 1.54) is 0 Å². The van der Waals surface area contributed by atoms with Crippen molar-refractivity contribution in [2.75, 3.05) is 5.73 Å². The number of hydrogen-bond acceptors (Lipinski definition) is 3. The number of rotatable bonds is 2. The summed E-state index contributed by atoms with van der Waals surface area (Å²) in [4.78, 5) is 0.